The second-order valence-electron chi connectivity index (χ2n) is 5.40. The fourth-order valence-electron chi connectivity index (χ4n) is 2.79. The molecular weight excluding hydrogens is 518 g/mol. The molecule has 0 N–H and O–H groups in total. The zero-order valence-corrected chi connectivity index (χ0v) is 17.5. The van der Waals surface area contributed by atoms with Crippen LogP contribution in [-0.2, 0) is 6.54 Å². The number of hydrogen-bond donors (Lipinski definition) is 0. The maximum Gasteiger partial charge on any atom is 0.141 e. The van der Waals surface area contributed by atoms with Crippen molar-refractivity contribution >= 4 is 71.9 Å². The van der Waals surface area contributed by atoms with Crippen LogP contribution in [0.1, 0.15) is 5.69 Å². The van der Waals surface area contributed by atoms with E-state index in [-0.39, 0.29) is 0 Å². The van der Waals surface area contributed by atoms with Gasteiger partial charge < -0.3 is 4.74 Å². The summed E-state index contributed by atoms with van der Waals surface area (Å²) in [7, 11) is 1.66. The molecule has 8 heteroatoms. The monoisotopic (exact) mass is 528 g/mol. The molecule has 0 aliphatic rings. The van der Waals surface area contributed by atoms with Crippen molar-refractivity contribution in [3.05, 3.63) is 55.5 Å². The van der Waals surface area contributed by atoms with E-state index in [0.29, 0.717) is 16.3 Å². The van der Waals surface area contributed by atoms with E-state index >= 15 is 0 Å². The Labute approximate surface area is 170 Å². The van der Waals surface area contributed by atoms with Crippen molar-refractivity contribution in [2.24, 2.45) is 0 Å². The van der Waals surface area contributed by atoms with Gasteiger partial charge in [-0.05, 0) is 62.8 Å². The fraction of sp³-hybridized carbons (Fsp3) is 0.118. The Morgan fingerprint density at radius 2 is 2.16 bits per heavy atom. The summed E-state index contributed by atoms with van der Waals surface area (Å²) in [6, 6.07) is 9.76. The van der Waals surface area contributed by atoms with Crippen LogP contribution in [-0.4, -0.2) is 26.9 Å². The Balaban J connectivity index is 2.05. The Morgan fingerprint density at radius 3 is 2.88 bits per heavy atom. The van der Waals surface area contributed by atoms with E-state index in [9.17, 15) is 0 Å². The van der Waals surface area contributed by atoms with E-state index in [0.717, 1.165) is 36.8 Å². The quantitative estimate of drug-likeness (QED) is 0.275. The van der Waals surface area contributed by atoms with Gasteiger partial charge in [-0.25, -0.2) is 4.98 Å². The van der Waals surface area contributed by atoms with Crippen LogP contribution < -0.4 is 4.74 Å². The number of ether oxygens (including phenoxy) is 1. The fourth-order valence-corrected chi connectivity index (χ4v) is 4.41. The number of aromatic nitrogens is 4. The molecule has 0 fully saturated rings. The zero-order chi connectivity index (χ0) is 17.6. The van der Waals surface area contributed by atoms with Crippen molar-refractivity contribution in [2.45, 2.75) is 6.54 Å². The number of fused-ring (bicyclic) bond motifs is 3. The highest BCUT2D eigenvalue weighted by Gasteiger charge is 2.19. The van der Waals surface area contributed by atoms with E-state index in [1.54, 1.807) is 13.3 Å². The van der Waals surface area contributed by atoms with Gasteiger partial charge in [-0.2, -0.15) is 5.10 Å². The third-order valence-corrected chi connectivity index (χ3v) is 5.57. The first kappa shape index (κ1) is 17.0. The van der Waals surface area contributed by atoms with Gasteiger partial charge >= 0.3 is 0 Å². The third kappa shape index (κ3) is 2.98. The van der Waals surface area contributed by atoms with Crippen LogP contribution in [0.15, 0.2) is 41.1 Å². The number of methoxy groups -OCH3 is 1. The number of hydrogen-bond acceptors (Lipinski definition) is 4. The van der Waals surface area contributed by atoms with Crippen molar-refractivity contribution in [1.82, 2.24) is 19.7 Å². The predicted molar refractivity (Wildman–Crippen MR) is 110 cm³/mol. The standard InChI is InChI=1S/C17H11BrClIN4O/c1-25-13-6-10-12(7-11(13)20)22-17(19)14-15(10)24(23-16(14)18)8-9-4-2-3-5-21-9/h2-7H,8H2,1H3. The molecule has 0 aliphatic carbocycles. The van der Waals surface area contributed by atoms with E-state index in [4.69, 9.17) is 16.3 Å². The molecule has 0 saturated carbocycles. The first-order chi connectivity index (χ1) is 12.1. The zero-order valence-electron chi connectivity index (χ0n) is 13.0. The molecule has 0 atom stereocenters. The van der Waals surface area contributed by atoms with Crippen LogP contribution in [0.25, 0.3) is 21.8 Å². The summed E-state index contributed by atoms with van der Waals surface area (Å²) >= 11 is 12.2. The van der Waals surface area contributed by atoms with Crippen molar-refractivity contribution in [3.63, 3.8) is 0 Å². The average molecular weight is 530 g/mol. The summed E-state index contributed by atoms with van der Waals surface area (Å²) in [5, 5.41) is 6.74. The maximum atomic E-state index is 6.44. The second-order valence-corrected chi connectivity index (χ2v) is 7.67. The molecule has 25 heavy (non-hydrogen) atoms. The minimum absolute atomic E-state index is 0.419. The molecular formula is C17H11BrClIN4O. The lowest BCUT2D eigenvalue weighted by Crippen LogP contribution is -2.04. The Morgan fingerprint density at radius 1 is 1.32 bits per heavy atom. The number of pyridine rings is 2. The van der Waals surface area contributed by atoms with Gasteiger partial charge in [0.15, 0.2) is 0 Å². The molecule has 0 saturated heterocycles. The van der Waals surface area contributed by atoms with E-state index in [2.05, 4.69) is 53.6 Å². The maximum absolute atomic E-state index is 6.44. The minimum atomic E-state index is 0.419. The molecule has 0 amide bonds. The van der Waals surface area contributed by atoms with Crippen molar-refractivity contribution in [2.75, 3.05) is 7.11 Å². The molecule has 0 aliphatic heterocycles. The van der Waals surface area contributed by atoms with Gasteiger partial charge in [0.25, 0.3) is 0 Å². The van der Waals surface area contributed by atoms with Crippen molar-refractivity contribution in [3.8, 4) is 5.75 Å². The van der Waals surface area contributed by atoms with Gasteiger partial charge in [0.05, 0.1) is 39.3 Å². The van der Waals surface area contributed by atoms with Gasteiger partial charge in [-0.3, -0.25) is 9.67 Å². The van der Waals surface area contributed by atoms with Gasteiger partial charge in [0, 0.05) is 11.6 Å². The highest BCUT2D eigenvalue weighted by atomic mass is 127. The Hall–Kier alpha value is -1.45. The molecule has 4 aromatic rings. The minimum Gasteiger partial charge on any atom is -0.496 e. The summed E-state index contributed by atoms with van der Waals surface area (Å²) in [6.45, 7) is 0.534. The molecule has 3 heterocycles. The normalized spacial score (nSPS) is 11.4. The number of benzene rings is 1. The molecule has 3 aromatic heterocycles. The van der Waals surface area contributed by atoms with Crippen LogP contribution in [0.5, 0.6) is 5.75 Å². The number of rotatable bonds is 3. The van der Waals surface area contributed by atoms with E-state index < -0.39 is 0 Å². The average Bonchev–Trinajstić information content (AvgIpc) is 2.92. The first-order valence-corrected chi connectivity index (χ1v) is 9.62. The van der Waals surface area contributed by atoms with Crippen molar-refractivity contribution in [1.29, 1.82) is 0 Å². The molecule has 5 nitrogen and oxygen atoms in total. The third-order valence-electron chi connectivity index (χ3n) is 3.90. The molecule has 1 aromatic carbocycles. The molecule has 126 valence electrons. The topological polar surface area (TPSA) is 52.8 Å². The molecule has 0 radical (unpaired) electrons. The number of nitrogens with zero attached hydrogens (tertiary/aromatic N) is 4. The van der Waals surface area contributed by atoms with Crippen LogP contribution in [0.3, 0.4) is 0 Å². The van der Waals surface area contributed by atoms with Crippen LogP contribution in [0, 0.1) is 3.57 Å². The lowest BCUT2D eigenvalue weighted by atomic mass is 10.1. The smallest absolute Gasteiger partial charge is 0.141 e. The van der Waals surface area contributed by atoms with Gasteiger partial charge in [0.2, 0.25) is 0 Å². The van der Waals surface area contributed by atoms with Crippen molar-refractivity contribution < 1.29 is 4.74 Å². The lowest BCUT2D eigenvalue weighted by Gasteiger charge is -2.09. The van der Waals surface area contributed by atoms with Gasteiger partial charge in [0.1, 0.15) is 15.5 Å². The van der Waals surface area contributed by atoms with Gasteiger partial charge in [-0.1, -0.05) is 17.7 Å². The highest BCUT2D eigenvalue weighted by molar-refractivity contribution is 14.1. The van der Waals surface area contributed by atoms with E-state index in [1.165, 1.54) is 0 Å². The summed E-state index contributed by atoms with van der Waals surface area (Å²) in [4.78, 5) is 8.92. The molecule has 0 spiro atoms. The summed E-state index contributed by atoms with van der Waals surface area (Å²) in [5.41, 5.74) is 2.62. The van der Waals surface area contributed by atoms with Crippen LogP contribution >= 0.6 is 50.1 Å². The summed E-state index contributed by atoms with van der Waals surface area (Å²) in [5.74, 6) is 0.792. The largest absolute Gasteiger partial charge is 0.496 e. The first-order valence-electron chi connectivity index (χ1n) is 7.37. The lowest BCUT2D eigenvalue weighted by molar-refractivity contribution is 0.412. The second kappa shape index (κ2) is 6.69. The predicted octanol–water partition coefficient (Wildman–Crippen LogP) is 5.06. The summed E-state index contributed by atoms with van der Waals surface area (Å²) < 4.78 is 9.01. The Kier molecular flexibility index (Phi) is 4.55. The summed E-state index contributed by atoms with van der Waals surface area (Å²) in [6.07, 6.45) is 1.77. The van der Waals surface area contributed by atoms with E-state index in [1.807, 2.05) is 35.0 Å². The molecule has 0 unspecified atom stereocenters. The van der Waals surface area contributed by atoms with Gasteiger partial charge in [-0.15, -0.1) is 0 Å². The Bertz CT molecular complexity index is 1100. The van der Waals surface area contributed by atoms with Crippen LogP contribution in [0.4, 0.5) is 0 Å². The van der Waals surface area contributed by atoms with Crippen LogP contribution in [0.2, 0.25) is 5.15 Å². The molecule has 4 rings (SSSR count). The highest BCUT2D eigenvalue weighted by Crippen LogP contribution is 2.37. The molecule has 0 bridgehead atoms. The number of halogens is 3. The SMILES string of the molecule is COc1cc2c(cc1I)nc(Cl)c1c(Br)nn(Cc3ccccn3)c12.